The Kier molecular flexibility index (Phi) is 8.53. The van der Waals surface area contributed by atoms with E-state index in [9.17, 15) is 9.59 Å². The summed E-state index contributed by atoms with van der Waals surface area (Å²) in [4.78, 5) is 25.8. The van der Waals surface area contributed by atoms with E-state index < -0.39 is 11.9 Å². The highest BCUT2D eigenvalue weighted by Crippen LogP contribution is 2.30. The number of nitrogen functional groups attached to an aromatic ring is 2. The summed E-state index contributed by atoms with van der Waals surface area (Å²) in [6.07, 6.45) is 7.23. The van der Waals surface area contributed by atoms with E-state index in [2.05, 4.69) is 0 Å². The van der Waals surface area contributed by atoms with Crippen LogP contribution in [0.2, 0.25) is 0 Å². The Labute approximate surface area is 173 Å². The van der Waals surface area contributed by atoms with Gasteiger partial charge in [-0.3, -0.25) is 0 Å². The third-order valence-corrected chi connectivity index (χ3v) is 5.73. The quantitative estimate of drug-likeness (QED) is 0.410. The molecular weight excluding hydrogens is 396 g/mol. The Morgan fingerprint density at radius 1 is 0.857 bits per heavy atom. The lowest BCUT2D eigenvalue weighted by Crippen LogP contribution is -2.07. The molecule has 0 aromatic carbocycles. The Balaban J connectivity index is 2.04. The van der Waals surface area contributed by atoms with Gasteiger partial charge in [-0.15, -0.1) is 22.7 Å². The van der Waals surface area contributed by atoms with E-state index in [1.807, 2.05) is 26.0 Å². The van der Waals surface area contributed by atoms with Gasteiger partial charge in [0.15, 0.2) is 0 Å². The normalized spacial score (nSPS) is 11.1. The van der Waals surface area contributed by atoms with E-state index >= 15 is 0 Å². The van der Waals surface area contributed by atoms with Gasteiger partial charge in [-0.25, -0.2) is 9.59 Å². The molecule has 6 nitrogen and oxygen atoms in total. The summed E-state index contributed by atoms with van der Waals surface area (Å²) in [5.74, 6) is -0.807. The minimum Gasteiger partial charge on any atom is -0.462 e. The molecule has 0 aliphatic carbocycles. The maximum Gasteiger partial charge on any atom is 0.341 e. The van der Waals surface area contributed by atoms with Gasteiger partial charge in [0.05, 0.1) is 24.3 Å². The highest BCUT2D eigenvalue weighted by molar-refractivity contribution is 7.18. The molecule has 4 N–H and O–H groups in total. The van der Waals surface area contributed by atoms with Gasteiger partial charge >= 0.3 is 11.9 Å². The maximum absolute atomic E-state index is 12.1. The first-order valence-corrected chi connectivity index (χ1v) is 10.9. The molecule has 2 rings (SSSR count). The van der Waals surface area contributed by atoms with Crippen LogP contribution in [0.5, 0.6) is 0 Å². The molecule has 8 heteroatoms. The van der Waals surface area contributed by atoms with Crippen molar-refractivity contribution in [3.8, 4) is 0 Å². The van der Waals surface area contributed by atoms with Crippen molar-refractivity contribution in [1.82, 2.24) is 0 Å². The van der Waals surface area contributed by atoms with E-state index in [0.717, 1.165) is 35.4 Å². The summed E-state index contributed by atoms with van der Waals surface area (Å²) >= 11 is 2.61. The first-order valence-electron chi connectivity index (χ1n) is 9.27. The van der Waals surface area contributed by atoms with Crippen LogP contribution in [-0.2, 0) is 9.47 Å². The average Bonchev–Trinajstić information content (AvgIpc) is 3.22. The third-order valence-electron chi connectivity index (χ3n) is 3.87. The lowest BCUT2D eigenvalue weighted by Gasteiger charge is -2.02. The van der Waals surface area contributed by atoms with Gasteiger partial charge in [0.25, 0.3) is 0 Å². The number of carbonyl (C=O) groups is 2. The molecule has 0 aliphatic heterocycles. The van der Waals surface area contributed by atoms with E-state index in [-0.39, 0.29) is 0 Å². The van der Waals surface area contributed by atoms with E-state index in [1.54, 1.807) is 12.1 Å². The molecule has 0 amide bonds. The first-order chi connectivity index (χ1) is 13.5. The lowest BCUT2D eigenvalue weighted by molar-refractivity contribution is 0.0492. The molecule has 0 spiro atoms. The van der Waals surface area contributed by atoms with Crippen LogP contribution in [0.1, 0.15) is 70.0 Å². The number of ether oxygens (including phenoxy) is 2. The molecule has 2 aromatic heterocycles. The second kappa shape index (κ2) is 10.9. The van der Waals surface area contributed by atoms with Gasteiger partial charge in [0.2, 0.25) is 0 Å². The van der Waals surface area contributed by atoms with E-state index in [0.29, 0.717) is 34.3 Å². The smallest absolute Gasteiger partial charge is 0.341 e. The van der Waals surface area contributed by atoms with Crippen molar-refractivity contribution in [3.63, 3.8) is 0 Å². The number of anilines is 2. The number of unbranched alkanes of at least 4 members (excludes halogenated alkanes) is 2. The number of nitrogens with two attached hydrogens (primary N) is 2. The Morgan fingerprint density at radius 3 is 1.61 bits per heavy atom. The molecule has 28 heavy (non-hydrogen) atoms. The average molecular weight is 423 g/mol. The van der Waals surface area contributed by atoms with Gasteiger partial charge in [0, 0.05) is 9.75 Å². The van der Waals surface area contributed by atoms with Crippen molar-refractivity contribution in [3.05, 3.63) is 33.0 Å². The summed E-state index contributed by atoms with van der Waals surface area (Å²) < 4.78 is 10.4. The number of esters is 2. The molecule has 2 heterocycles. The van der Waals surface area contributed by atoms with Crippen LogP contribution in [0.25, 0.3) is 12.2 Å². The number of hydrogen-bond acceptors (Lipinski definition) is 8. The van der Waals surface area contributed by atoms with Gasteiger partial charge in [0.1, 0.15) is 10.0 Å². The summed E-state index contributed by atoms with van der Waals surface area (Å²) in [7, 11) is 0. The zero-order valence-electron chi connectivity index (χ0n) is 16.2. The molecular formula is C20H26N2O4S2. The number of hydrogen-bond donors (Lipinski definition) is 2. The summed E-state index contributed by atoms with van der Waals surface area (Å²) in [6.45, 7) is 4.84. The molecule has 0 fully saturated rings. The van der Waals surface area contributed by atoms with Gasteiger partial charge in [-0.05, 0) is 37.1 Å². The van der Waals surface area contributed by atoms with Gasteiger partial charge in [-0.1, -0.05) is 26.7 Å². The second-order valence-electron chi connectivity index (χ2n) is 6.17. The monoisotopic (exact) mass is 422 g/mol. The number of thiophene rings is 2. The van der Waals surface area contributed by atoms with Crippen LogP contribution in [0, 0.1) is 0 Å². The van der Waals surface area contributed by atoms with Crippen molar-refractivity contribution in [2.75, 3.05) is 24.7 Å². The highest BCUT2D eigenvalue weighted by atomic mass is 32.1. The maximum atomic E-state index is 12.1. The fourth-order valence-electron chi connectivity index (χ4n) is 2.27. The molecule has 0 aliphatic rings. The molecule has 2 aromatic rings. The third kappa shape index (κ3) is 6.10. The van der Waals surface area contributed by atoms with Crippen molar-refractivity contribution in [2.24, 2.45) is 0 Å². The topological polar surface area (TPSA) is 105 Å². The van der Waals surface area contributed by atoms with Gasteiger partial charge in [-0.2, -0.15) is 0 Å². The van der Waals surface area contributed by atoms with Crippen molar-refractivity contribution < 1.29 is 19.1 Å². The van der Waals surface area contributed by atoms with Crippen LogP contribution in [0.15, 0.2) is 12.1 Å². The molecule has 0 saturated carbocycles. The number of rotatable bonds is 10. The zero-order valence-corrected chi connectivity index (χ0v) is 17.8. The molecule has 0 bridgehead atoms. The van der Waals surface area contributed by atoms with E-state index in [4.69, 9.17) is 20.9 Å². The first kappa shape index (κ1) is 22.0. The lowest BCUT2D eigenvalue weighted by atomic mass is 10.2. The molecule has 0 saturated heterocycles. The fourth-order valence-corrected chi connectivity index (χ4v) is 3.91. The molecule has 0 radical (unpaired) electrons. The van der Waals surface area contributed by atoms with E-state index in [1.165, 1.54) is 22.7 Å². The summed E-state index contributed by atoms with van der Waals surface area (Å²) in [6, 6.07) is 3.42. The Morgan fingerprint density at radius 2 is 1.25 bits per heavy atom. The van der Waals surface area contributed by atoms with Crippen molar-refractivity contribution >= 4 is 56.8 Å². The van der Waals surface area contributed by atoms with Gasteiger partial charge < -0.3 is 20.9 Å². The summed E-state index contributed by atoms with van der Waals surface area (Å²) in [5.41, 5.74) is 12.7. The molecule has 152 valence electrons. The zero-order chi connectivity index (χ0) is 20.5. The van der Waals surface area contributed by atoms with Crippen LogP contribution in [0.4, 0.5) is 10.0 Å². The van der Waals surface area contributed by atoms with Crippen molar-refractivity contribution in [1.29, 1.82) is 0 Å². The highest BCUT2D eigenvalue weighted by Gasteiger charge is 2.16. The second-order valence-corrected chi connectivity index (χ2v) is 8.40. The predicted octanol–water partition coefficient (Wildman–Crippen LogP) is 5.06. The standard InChI is InChI=1S/C20H26N2O4S2/c1-3-5-9-25-19(23)15-11-13(27-17(15)21)7-8-14-12-16(18(22)28-14)20(24)26-10-6-4-2/h7-8,11-12H,3-6,9-10,21-22H2,1-2H3/b8-7+. The Bertz CT molecular complexity index is 771. The molecule has 0 unspecified atom stereocenters. The van der Waals surface area contributed by atoms with Crippen LogP contribution in [-0.4, -0.2) is 25.2 Å². The largest absolute Gasteiger partial charge is 0.462 e. The van der Waals surface area contributed by atoms with Crippen LogP contribution in [0.3, 0.4) is 0 Å². The van der Waals surface area contributed by atoms with Crippen LogP contribution < -0.4 is 11.5 Å². The SMILES string of the molecule is CCCCOC(=O)c1cc(/C=C/c2cc(C(=O)OCCCC)c(N)s2)sc1N. The summed E-state index contributed by atoms with van der Waals surface area (Å²) in [5, 5.41) is 0.846. The number of carbonyl (C=O) groups excluding carboxylic acids is 2. The fraction of sp³-hybridized carbons (Fsp3) is 0.400. The minimum atomic E-state index is -0.403. The van der Waals surface area contributed by atoms with Crippen molar-refractivity contribution in [2.45, 2.75) is 39.5 Å². The Hall–Kier alpha value is -2.32. The predicted molar refractivity (Wildman–Crippen MR) is 117 cm³/mol. The molecule has 0 atom stereocenters. The minimum absolute atomic E-state index is 0.381. The van der Waals surface area contributed by atoms with Crippen LogP contribution >= 0.6 is 22.7 Å².